The van der Waals surface area contributed by atoms with Crippen molar-refractivity contribution in [3.8, 4) is 5.75 Å². The number of sulfonamides is 1. The van der Waals surface area contributed by atoms with Gasteiger partial charge in [0.1, 0.15) is 18.2 Å². The zero-order valence-corrected chi connectivity index (χ0v) is 17.1. The zero-order chi connectivity index (χ0) is 21.6. The van der Waals surface area contributed by atoms with E-state index in [1.165, 1.54) is 31.2 Å². The van der Waals surface area contributed by atoms with Crippen LogP contribution in [0, 0.1) is 12.7 Å². The average molecular weight is 428 g/mol. The highest BCUT2D eigenvalue weighted by atomic mass is 32.2. The second kappa shape index (κ2) is 9.41. The first-order valence-electron chi connectivity index (χ1n) is 9.21. The Morgan fingerprint density at radius 2 is 1.70 bits per heavy atom. The summed E-state index contributed by atoms with van der Waals surface area (Å²) in [5.41, 5.74) is 0.503. The van der Waals surface area contributed by atoms with Gasteiger partial charge in [-0.2, -0.15) is 0 Å². The minimum Gasteiger partial charge on any atom is -0.492 e. The van der Waals surface area contributed by atoms with E-state index in [1.54, 1.807) is 12.1 Å². The molecule has 3 aromatic rings. The lowest BCUT2D eigenvalue weighted by Gasteiger charge is -2.13. The molecule has 0 unspecified atom stereocenters. The molecule has 2 N–H and O–H groups in total. The van der Waals surface area contributed by atoms with Gasteiger partial charge in [0.2, 0.25) is 0 Å². The van der Waals surface area contributed by atoms with Crippen LogP contribution >= 0.6 is 0 Å². The molecule has 0 saturated heterocycles. The Labute approximate surface area is 174 Å². The molecule has 3 rings (SSSR count). The summed E-state index contributed by atoms with van der Waals surface area (Å²) in [6, 6.07) is 18.9. The van der Waals surface area contributed by atoms with Crippen LogP contribution < -0.4 is 14.8 Å². The van der Waals surface area contributed by atoms with E-state index in [1.807, 2.05) is 30.3 Å². The van der Waals surface area contributed by atoms with Crippen molar-refractivity contribution in [2.24, 2.45) is 0 Å². The maximum absolute atomic E-state index is 13.5. The molecule has 0 heterocycles. The van der Waals surface area contributed by atoms with E-state index in [9.17, 15) is 17.6 Å². The summed E-state index contributed by atoms with van der Waals surface area (Å²) in [5.74, 6) is -0.249. The molecule has 30 heavy (non-hydrogen) atoms. The largest absolute Gasteiger partial charge is 0.492 e. The van der Waals surface area contributed by atoms with Crippen molar-refractivity contribution >= 4 is 21.6 Å². The number of ether oxygens (including phenoxy) is 1. The summed E-state index contributed by atoms with van der Waals surface area (Å²) in [6.45, 7) is 1.98. The molecule has 0 spiro atoms. The fraction of sp³-hybridized carbons (Fsp3) is 0.136. The molecule has 0 atom stereocenters. The summed E-state index contributed by atoms with van der Waals surface area (Å²) in [6.07, 6.45) is 0. The number of hydrogen-bond acceptors (Lipinski definition) is 4. The molecule has 3 aromatic carbocycles. The lowest BCUT2D eigenvalue weighted by molar-refractivity contribution is 0.0948. The standard InChI is InChI=1S/C22H21FN2O4S/c1-16-15-18(11-12-20(16)23)30(27,28)25-21-10-6-5-9-19(21)22(26)24-13-14-29-17-7-3-2-4-8-17/h2-12,15,25H,13-14H2,1H3,(H,24,26). The topological polar surface area (TPSA) is 84.5 Å². The number of nitrogens with one attached hydrogen (secondary N) is 2. The van der Waals surface area contributed by atoms with Crippen LogP contribution in [-0.4, -0.2) is 27.5 Å². The van der Waals surface area contributed by atoms with Crippen molar-refractivity contribution in [1.82, 2.24) is 5.32 Å². The van der Waals surface area contributed by atoms with Crippen LogP contribution in [0.2, 0.25) is 0 Å². The normalized spacial score (nSPS) is 11.0. The van der Waals surface area contributed by atoms with Gasteiger partial charge in [-0.15, -0.1) is 0 Å². The minimum absolute atomic E-state index is 0.0899. The smallest absolute Gasteiger partial charge is 0.261 e. The number of hydrogen-bond donors (Lipinski definition) is 2. The molecule has 0 bridgehead atoms. The van der Waals surface area contributed by atoms with Gasteiger partial charge in [0.25, 0.3) is 15.9 Å². The zero-order valence-electron chi connectivity index (χ0n) is 16.3. The molecule has 0 fully saturated rings. The molecule has 6 nitrogen and oxygen atoms in total. The van der Waals surface area contributed by atoms with E-state index in [4.69, 9.17) is 4.74 Å². The van der Waals surface area contributed by atoms with Crippen molar-refractivity contribution in [2.45, 2.75) is 11.8 Å². The van der Waals surface area contributed by atoms with Crippen LogP contribution in [0.3, 0.4) is 0 Å². The van der Waals surface area contributed by atoms with Crippen LogP contribution in [-0.2, 0) is 10.0 Å². The fourth-order valence-electron chi connectivity index (χ4n) is 2.70. The molecular weight excluding hydrogens is 407 g/mol. The number of carbonyl (C=O) groups excluding carboxylic acids is 1. The van der Waals surface area contributed by atoms with Gasteiger partial charge in [0.05, 0.1) is 22.7 Å². The average Bonchev–Trinajstić information content (AvgIpc) is 2.74. The van der Waals surface area contributed by atoms with Crippen molar-refractivity contribution in [1.29, 1.82) is 0 Å². The predicted molar refractivity (Wildman–Crippen MR) is 113 cm³/mol. The summed E-state index contributed by atoms with van der Waals surface area (Å²) in [5, 5.41) is 2.70. The number of halogens is 1. The molecule has 0 aliphatic carbocycles. The SMILES string of the molecule is Cc1cc(S(=O)(=O)Nc2ccccc2C(=O)NCCOc2ccccc2)ccc1F. The van der Waals surface area contributed by atoms with Crippen LogP contribution in [0.4, 0.5) is 10.1 Å². The number of carbonyl (C=O) groups is 1. The second-order valence-corrected chi connectivity index (χ2v) is 8.16. The van der Waals surface area contributed by atoms with Crippen LogP contribution in [0.1, 0.15) is 15.9 Å². The lowest BCUT2D eigenvalue weighted by Crippen LogP contribution is -2.29. The van der Waals surface area contributed by atoms with Crippen LogP contribution in [0.5, 0.6) is 5.75 Å². The number of anilines is 1. The van der Waals surface area contributed by atoms with E-state index in [0.717, 1.165) is 6.07 Å². The Kier molecular flexibility index (Phi) is 6.68. The van der Waals surface area contributed by atoms with Crippen LogP contribution in [0.25, 0.3) is 0 Å². The van der Waals surface area contributed by atoms with E-state index >= 15 is 0 Å². The molecule has 0 aliphatic rings. The number of aryl methyl sites for hydroxylation is 1. The van der Waals surface area contributed by atoms with Gasteiger partial charge in [0.15, 0.2) is 0 Å². The van der Waals surface area contributed by atoms with E-state index in [0.29, 0.717) is 5.75 Å². The maximum Gasteiger partial charge on any atom is 0.261 e. The molecule has 1 amide bonds. The summed E-state index contributed by atoms with van der Waals surface area (Å²) in [7, 11) is -3.99. The van der Waals surface area contributed by atoms with E-state index in [-0.39, 0.29) is 34.9 Å². The number of benzene rings is 3. The first-order valence-corrected chi connectivity index (χ1v) is 10.7. The first kappa shape index (κ1) is 21.3. The van der Waals surface area contributed by atoms with Gasteiger partial charge in [0, 0.05) is 0 Å². The fourth-order valence-corrected chi connectivity index (χ4v) is 3.87. The van der Waals surface area contributed by atoms with E-state index < -0.39 is 21.7 Å². The van der Waals surface area contributed by atoms with E-state index in [2.05, 4.69) is 10.0 Å². The summed E-state index contributed by atoms with van der Waals surface area (Å²) >= 11 is 0. The molecule has 0 saturated carbocycles. The quantitative estimate of drug-likeness (QED) is 0.536. The highest BCUT2D eigenvalue weighted by Gasteiger charge is 2.19. The molecule has 0 aromatic heterocycles. The Bertz CT molecular complexity index is 1130. The van der Waals surface area contributed by atoms with Gasteiger partial charge in [-0.3, -0.25) is 9.52 Å². The third-order valence-corrected chi connectivity index (χ3v) is 5.62. The Morgan fingerprint density at radius 1 is 1.00 bits per heavy atom. The van der Waals surface area contributed by atoms with Crippen molar-refractivity contribution in [3.63, 3.8) is 0 Å². The number of rotatable bonds is 8. The van der Waals surface area contributed by atoms with Crippen molar-refractivity contribution in [2.75, 3.05) is 17.9 Å². The Balaban J connectivity index is 1.67. The number of para-hydroxylation sites is 2. The van der Waals surface area contributed by atoms with Gasteiger partial charge in [-0.05, 0) is 55.0 Å². The maximum atomic E-state index is 13.5. The van der Waals surface area contributed by atoms with Crippen LogP contribution in [0.15, 0.2) is 77.7 Å². The first-order chi connectivity index (χ1) is 14.4. The molecule has 156 valence electrons. The highest BCUT2D eigenvalue weighted by molar-refractivity contribution is 7.92. The highest BCUT2D eigenvalue weighted by Crippen LogP contribution is 2.21. The lowest BCUT2D eigenvalue weighted by atomic mass is 10.1. The molecule has 0 aliphatic heterocycles. The predicted octanol–water partition coefficient (Wildman–Crippen LogP) is 3.74. The minimum atomic E-state index is -3.99. The van der Waals surface area contributed by atoms with Gasteiger partial charge in [-0.1, -0.05) is 30.3 Å². The van der Waals surface area contributed by atoms with Gasteiger partial charge in [-0.25, -0.2) is 12.8 Å². The monoisotopic (exact) mass is 428 g/mol. The summed E-state index contributed by atoms with van der Waals surface area (Å²) in [4.78, 5) is 12.5. The number of amides is 1. The molecular formula is C22H21FN2O4S. The Morgan fingerprint density at radius 3 is 2.43 bits per heavy atom. The second-order valence-electron chi connectivity index (χ2n) is 6.48. The molecule has 0 radical (unpaired) electrons. The van der Waals surface area contributed by atoms with Crippen molar-refractivity contribution < 1.29 is 22.3 Å². The van der Waals surface area contributed by atoms with Gasteiger partial charge >= 0.3 is 0 Å². The Hall–Kier alpha value is -3.39. The summed E-state index contributed by atoms with van der Waals surface area (Å²) < 4.78 is 46.7. The third-order valence-electron chi connectivity index (χ3n) is 4.26. The third kappa shape index (κ3) is 5.36. The van der Waals surface area contributed by atoms with Gasteiger partial charge < -0.3 is 10.1 Å². The molecule has 8 heteroatoms. The van der Waals surface area contributed by atoms with Crippen molar-refractivity contribution in [3.05, 3.63) is 89.7 Å².